The minimum Gasteiger partial charge on any atom is -0.348 e. The monoisotopic (exact) mass is 543 g/mol. The Morgan fingerprint density at radius 1 is 1.09 bits per heavy atom. The molecule has 1 amide bonds. The molecule has 4 aromatic rings. The van der Waals surface area contributed by atoms with Crippen molar-refractivity contribution in [3.63, 3.8) is 0 Å². The number of nitrogens with zero attached hydrogens (tertiary/aromatic N) is 4. The molecular formula is C25H23Cl2N5OS2. The van der Waals surface area contributed by atoms with Crippen molar-refractivity contribution in [2.75, 3.05) is 0 Å². The third-order valence-electron chi connectivity index (χ3n) is 5.86. The van der Waals surface area contributed by atoms with Gasteiger partial charge >= 0.3 is 0 Å². The van der Waals surface area contributed by atoms with E-state index in [2.05, 4.69) is 20.5 Å². The molecule has 10 heteroatoms. The van der Waals surface area contributed by atoms with Crippen LogP contribution in [-0.2, 0) is 5.75 Å². The summed E-state index contributed by atoms with van der Waals surface area (Å²) < 4.78 is 1.95. The van der Waals surface area contributed by atoms with Gasteiger partial charge in [0, 0.05) is 22.0 Å². The van der Waals surface area contributed by atoms with Crippen LogP contribution in [-0.4, -0.2) is 31.7 Å². The van der Waals surface area contributed by atoms with E-state index in [1.165, 1.54) is 42.4 Å². The van der Waals surface area contributed by atoms with Crippen molar-refractivity contribution in [1.82, 2.24) is 25.1 Å². The summed E-state index contributed by atoms with van der Waals surface area (Å²) in [4.78, 5) is 17.2. The Morgan fingerprint density at radius 3 is 2.71 bits per heavy atom. The number of hydrogen-bond donors (Lipinski definition) is 1. The summed E-state index contributed by atoms with van der Waals surface area (Å²) in [6.07, 6.45) is 5.69. The molecule has 1 N–H and O–H groups in total. The number of halogens is 2. The van der Waals surface area contributed by atoms with Crippen molar-refractivity contribution >= 4 is 52.2 Å². The number of carbonyl (C=O) groups excluding carboxylic acids is 1. The fourth-order valence-electron chi connectivity index (χ4n) is 4.14. The molecule has 1 fully saturated rings. The van der Waals surface area contributed by atoms with Gasteiger partial charge in [0.15, 0.2) is 11.0 Å². The van der Waals surface area contributed by atoms with Gasteiger partial charge in [-0.15, -0.1) is 21.5 Å². The number of rotatable bonds is 7. The number of hydrogen-bond acceptors (Lipinski definition) is 6. The molecule has 1 saturated carbocycles. The predicted octanol–water partition coefficient (Wildman–Crippen LogP) is 7.05. The lowest BCUT2D eigenvalue weighted by Crippen LogP contribution is -2.36. The third kappa shape index (κ3) is 5.72. The van der Waals surface area contributed by atoms with Gasteiger partial charge in [0.25, 0.3) is 5.91 Å². The summed E-state index contributed by atoms with van der Waals surface area (Å²) in [7, 11) is 0. The van der Waals surface area contributed by atoms with E-state index < -0.39 is 0 Å². The minimum absolute atomic E-state index is 0.0903. The first-order chi connectivity index (χ1) is 17.1. The molecule has 35 heavy (non-hydrogen) atoms. The minimum atomic E-state index is -0.0903. The van der Waals surface area contributed by atoms with Gasteiger partial charge < -0.3 is 5.32 Å². The fourth-order valence-corrected chi connectivity index (χ4v) is 6.29. The van der Waals surface area contributed by atoms with Gasteiger partial charge in [0.1, 0.15) is 10.7 Å². The van der Waals surface area contributed by atoms with E-state index in [1.807, 2.05) is 58.5 Å². The van der Waals surface area contributed by atoms with Crippen LogP contribution in [0.2, 0.25) is 10.0 Å². The first-order valence-electron chi connectivity index (χ1n) is 11.4. The van der Waals surface area contributed by atoms with E-state index in [-0.39, 0.29) is 11.9 Å². The van der Waals surface area contributed by atoms with Crippen LogP contribution in [0.4, 0.5) is 0 Å². The second kappa shape index (κ2) is 11.1. The Labute approximate surface area is 222 Å². The van der Waals surface area contributed by atoms with Gasteiger partial charge in [-0.05, 0) is 43.2 Å². The molecule has 0 bridgehead atoms. The normalized spacial score (nSPS) is 14.2. The average molecular weight is 545 g/mol. The maximum atomic E-state index is 12.6. The quantitative estimate of drug-likeness (QED) is 0.253. The van der Waals surface area contributed by atoms with Crippen LogP contribution in [0.1, 0.15) is 47.6 Å². The molecule has 2 heterocycles. The van der Waals surface area contributed by atoms with Gasteiger partial charge in [-0.2, -0.15) is 0 Å². The summed E-state index contributed by atoms with van der Waals surface area (Å²) in [6, 6.07) is 15.3. The van der Waals surface area contributed by atoms with Crippen molar-refractivity contribution in [1.29, 1.82) is 0 Å². The largest absolute Gasteiger partial charge is 0.348 e. The molecule has 0 aliphatic heterocycles. The molecule has 6 nitrogen and oxygen atoms in total. The predicted molar refractivity (Wildman–Crippen MR) is 143 cm³/mol. The highest BCUT2D eigenvalue weighted by molar-refractivity contribution is 7.98. The number of nitrogens with one attached hydrogen (secondary N) is 1. The molecule has 5 rings (SSSR count). The van der Waals surface area contributed by atoms with Crippen LogP contribution < -0.4 is 5.32 Å². The third-order valence-corrected chi connectivity index (χ3v) is 8.40. The molecule has 0 spiro atoms. The maximum Gasteiger partial charge on any atom is 0.270 e. The molecular weight excluding hydrogens is 521 g/mol. The molecule has 2 aromatic carbocycles. The Kier molecular flexibility index (Phi) is 7.72. The second-order valence-corrected chi connectivity index (χ2v) is 11.1. The van der Waals surface area contributed by atoms with Crippen LogP contribution in [0.3, 0.4) is 0 Å². The topological polar surface area (TPSA) is 72.7 Å². The van der Waals surface area contributed by atoms with E-state index in [0.29, 0.717) is 32.5 Å². The van der Waals surface area contributed by atoms with Crippen molar-refractivity contribution in [2.45, 2.75) is 49.1 Å². The molecule has 0 unspecified atom stereocenters. The number of carbonyl (C=O) groups is 1. The Bertz CT molecular complexity index is 1330. The molecule has 180 valence electrons. The zero-order chi connectivity index (χ0) is 24.2. The lowest BCUT2D eigenvalue weighted by molar-refractivity contribution is 0.0923. The first-order valence-corrected chi connectivity index (χ1v) is 14.0. The highest BCUT2D eigenvalue weighted by atomic mass is 35.5. The SMILES string of the molecule is O=C(NC1CCCCC1)c1csc(CSc2nnc(-c3ccccc3Cl)n2-c2cccc(Cl)c2)n1. The summed E-state index contributed by atoms with van der Waals surface area (Å²) in [5, 5.41) is 16.6. The Balaban J connectivity index is 1.36. The van der Waals surface area contributed by atoms with Crippen LogP contribution in [0.5, 0.6) is 0 Å². The van der Waals surface area contributed by atoms with Crippen LogP contribution in [0.15, 0.2) is 59.1 Å². The van der Waals surface area contributed by atoms with Crippen molar-refractivity contribution in [3.8, 4) is 17.1 Å². The highest BCUT2D eigenvalue weighted by Gasteiger charge is 2.21. The zero-order valence-electron chi connectivity index (χ0n) is 18.8. The van der Waals surface area contributed by atoms with Gasteiger partial charge in [-0.1, -0.05) is 72.4 Å². The van der Waals surface area contributed by atoms with Gasteiger partial charge in [-0.25, -0.2) is 4.98 Å². The summed E-state index contributed by atoms with van der Waals surface area (Å²) in [5.41, 5.74) is 2.10. The van der Waals surface area contributed by atoms with E-state index in [1.54, 1.807) is 0 Å². The standard InChI is InChI=1S/C25H23Cl2N5OS2/c26-16-7-6-10-18(13-16)32-23(19-11-4-5-12-20(19)27)30-31-25(32)35-15-22-29-21(14-34-22)24(33)28-17-8-2-1-3-9-17/h4-7,10-14,17H,1-3,8-9,15H2,(H,28,33). The van der Waals surface area contributed by atoms with Crippen LogP contribution >= 0.6 is 46.3 Å². The number of amides is 1. The van der Waals surface area contributed by atoms with Gasteiger partial charge in [0.05, 0.1) is 16.5 Å². The Morgan fingerprint density at radius 2 is 1.91 bits per heavy atom. The number of thioether (sulfide) groups is 1. The van der Waals surface area contributed by atoms with Crippen molar-refractivity contribution in [2.24, 2.45) is 0 Å². The summed E-state index contributed by atoms with van der Waals surface area (Å²) >= 11 is 15.7. The number of aromatic nitrogens is 4. The molecule has 1 aliphatic carbocycles. The maximum absolute atomic E-state index is 12.6. The van der Waals surface area contributed by atoms with Gasteiger partial charge in [-0.3, -0.25) is 9.36 Å². The molecule has 0 atom stereocenters. The number of benzene rings is 2. The van der Waals surface area contributed by atoms with Crippen LogP contribution in [0.25, 0.3) is 17.1 Å². The Hall–Kier alpha value is -2.39. The molecule has 0 saturated heterocycles. The lowest BCUT2D eigenvalue weighted by atomic mass is 9.95. The van der Waals surface area contributed by atoms with Crippen molar-refractivity contribution < 1.29 is 4.79 Å². The summed E-state index contributed by atoms with van der Waals surface area (Å²) in [5.74, 6) is 1.10. The highest BCUT2D eigenvalue weighted by Crippen LogP contribution is 2.34. The fraction of sp³-hybridized carbons (Fsp3) is 0.280. The molecule has 1 aliphatic rings. The van der Waals surface area contributed by atoms with Gasteiger partial charge in [0.2, 0.25) is 0 Å². The van der Waals surface area contributed by atoms with E-state index in [4.69, 9.17) is 23.2 Å². The zero-order valence-corrected chi connectivity index (χ0v) is 21.9. The molecule has 2 aromatic heterocycles. The van der Waals surface area contributed by atoms with E-state index in [0.717, 1.165) is 29.1 Å². The van der Waals surface area contributed by atoms with E-state index >= 15 is 0 Å². The number of thiazole rings is 1. The smallest absolute Gasteiger partial charge is 0.270 e. The van der Waals surface area contributed by atoms with Crippen molar-refractivity contribution in [3.05, 3.63) is 74.7 Å². The molecule has 0 radical (unpaired) electrons. The van der Waals surface area contributed by atoms with Crippen LogP contribution in [0, 0.1) is 0 Å². The first kappa shape index (κ1) is 24.3. The second-order valence-electron chi connectivity index (χ2n) is 8.32. The average Bonchev–Trinajstić information content (AvgIpc) is 3.51. The van der Waals surface area contributed by atoms with E-state index in [9.17, 15) is 4.79 Å². The lowest BCUT2D eigenvalue weighted by Gasteiger charge is -2.22. The summed E-state index contributed by atoms with van der Waals surface area (Å²) in [6.45, 7) is 0.